The average molecular weight is 446 g/mol. The highest BCUT2D eigenvalue weighted by atomic mass is 16.2. The predicted octanol–water partition coefficient (Wildman–Crippen LogP) is 2.82. The molecule has 3 aromatic rings. The van der Waals surface area contributed by atoms with Crippen molar-refractivity contribution >= 4 is 34.2 Å². The molecule has 8 nitrogen and oxygen atoms in total. The van der Waals surface area contributed by atoms with E-state index in [4.69, 9.17) is 0 Å². The lowest BCUT2D eigenvalue weighted by Gasteiger charge is -2.43. The van der Waals surface area contributed by atoms with Crippen LogP contribution in [-0.2, 0) is 9.59 Å². The Balaban J connectivity index is 1.38. The van der Waals surface area contributed by atoms with Crippen LogP contribution in [-0.4, -0.2) is 69.4 Å². The largest absolute Gasteiger partial charge is 0.339 e. The van der Waals surface area contributed by atoms with Crippen molar-refractivity contribution in [1.82, 2.24) is 20.0 Å². The number of nitrogens with one attached hydrogen (secondary N) is 1. The molecule has 33 heavy (non-hydrogen) atoms. The number of aromatic nitrogens is 2. The number of para-hydroxylation sites is 1. The monoisotopic (exact) mass is 445 g/mol. The zero-order valence-electron chi connectivity index (χ0n) is 18.7. The quantitative estimate of drug-likeness (QED) is 0.652. The molecular formula is C25H27N5O3. The van der Waals surface area contributed by atoms with E-state index in [1.54, 1.807) is 11.1 Å². The first-order chi connectivity index (χ1) is 16.0. The average Bonchev–Trinajstić information content (AvgIpc) is 3.43. The summed E-state index contributed by atoms with van der Waals surface area (Å²) < 4.78 is 0. The van der Waals surface area contributed by atoms with Crippen LogP contribution in [0.15, 0.2) is 54.7 Å². The second-order valence-electron chi connectivity index (χ2n) is 8.80. The van der Waals surface area contributed by atoms with Crippen molar-refractivity contribution in [2.45, 2.75) is 31.7 Å². The molecule has 1 aromatic heterocycles. The molecule has 0 unspecified atom stereocenters. The highest BCUT2D eigenvalue weighted by Crippen LogP contribution is 2.39. The Morgan fingerprint density at radius 1 is 1.09 bits per heavy atom. The van der Waals surface area contributed by atoms with E-state index in [1.165, 1.54) is 0 Å². The predicted molar refractivity (Wildman–Crippen MR) is 125 cm³/mol. The van der Waals surface area contributed by atoms with Crippen molar-refractivity contribution in [3.8, 4) is 0 Å². The minimum Gasteiger partial charge on any atom is -0.339 e. The van der Waals surface area contributed by atoms with Crippen molar-refractivity contribution in [2.75, 3.05) is 31.2 Å². The molecular weight excluding hydrogens is 418 g/mol. The summed E-state index contributed by atoms with van der Waals surface area (Å²) in [5.41, 5.74) is 1.73. The summed E-state index contributed by atoms with van der Waals surface area (Å²) >= 11 is 0. The van der Waals surface area contributed by atoms with Crippen LogP contribution in [0.4, 0.5) is 5.69 Å². The first kappa shape index (κ1) is 21.2. The number of Topliss-reactive ketones (excluding diaryl/α,β-unsaturated/α-hetero) is 1. The number of nitrogens with zero attached hydrogens (tertiary/aromatic N) is 4. The molecule has 2 fully saturated rings. The zero-order valence-corrected chi connectivity index (χ0v) is 18.7. The highest BCUT2D eigenvalue weighted by molar-refractivity contribution is 5.99. The number of benzene rings is 2. The molecule has 3 heterocycles. The van der Waals surface area contributed by atoms with Crippen LogP contribution in [0.25, 0.3) is 10.9 Å². The highest BCUT2D eigenvalue weighted by Gasteiger charge is 2.54. The van der Waals surface area contributed by atoms with E-state index in [-0.39, 0.29) is 24.1 Å². The standard InChI is InChI=1S/C25H27N5O3/c1-2-21(31)16-29-17-30(20-6-4-3-5-7-20)25(24(29)33)10-12-28(13-11-25)23(32)18-8-9-22-19(14-18)15-26-27-22/h3-9,14-15H,2,10-13,16-17H2,1H3,(H,26,27). The maximum atomic E-state index is 13.6. The molecule has 170 valence electrons. The van der Waals surface area contributed by atoms with E-state index < -0.39 is 5.54 Å². The lowest BCUT2D eigenvalue weighted by atomic mass is 9.85. The number of hydrogen-bond acceptors (Lipinski definition) is 5. The molecule has 0 saturated carbocycles. The van der Waals surface area contributed by atoms with E-state index in [2.05, 4.69) is 15.1 Å². The number of hydrogen-bond donors (Lipinski definition) is 1. The SMILES string of the molecule is CCC(=O)CN1CN(c2ccccc2)C2(CCN(C(=O)c3ccc4[nH]ncc4c3)CC2)C1=O. The van der Waals surface area contributed by atoms with Crippen LogP contribution in [0, 0.1) is 0 Å². The van der Waals surface area contributed by atoms with Gasteiger partial charge in [-0.1, -0.05) is 25.1 Å². The fraction of sp³-hybridized carbons (Fsp3) is 0.360. The van der Waals surface area contributed by atoms with Crippen molar-refractivity contribution in [3.05, 3.63) is 60.3 Å². The van der Waals surface area contributed by atoms with Gasteiger partial charge in [0.1, 0.15) is 5.54 Å². The summed E-state index contributed by atoms with van der Waals surface area (Å²) in [6.07, 6.45) is 3.16. The molecule has 2 aliphatic rings. The van der Waals surface area contributed by atoms with E-state index >= 15 is 0 Å². The molecule has 2 aliphatic heterocycles. The second kappa shape index (κ2) is 8.35. The van der Waals surface area contributed by atoms with Gasteiger partial charge in [-0.05, 0) is 43.2 Å². The Morgan fingerprint density at radius 2 is 1.85 bits per heavy atom. The Bertz CT molecular complexity index is 1200. The Morgan fingerprint density at radius 3 is 2.58 bits per heavy atom. The first-order valence-corrected chi connectivity index (χ1v) is 11.4. The van der Waals surface area contributed by atoms with Gasteiger partial charge in [-0.2, -0.15) is 5.10 Å². The van der Waals surface area contributed by atoms with Crippen LogP contribution in [0.3, 0.4) is 0 Å². The second-order valence-corrected chi connectivity index (χ2v) is 8.80. The van der Waals surface area contributed by atoms with E-state index in [9.17, 15) is 14.4 Å². The third-order valence-corrected chi connectivity index (χ3v) is 6.91. The number of carbonyl (C=O) groups excluding carboxylic acids is 3. The van der Waals surface area contributed by atoms with Crippen LogP contribution in [0.2, 0.25) is 0 Å². The lowest BCUT2D eigenvalue weighted by Crippen LogP contribution is -2.57. The van der Waals surface area contributed by atoms with Crippen molar-refractivity contribution in [1.29, 1.82) is 0 Å². The number of likely N-dealkylation sites (tertiary alicyclic amines) is 1. The molecule has 8 heteroatoms. The first-order valence-electron chi connectivity index (χ1n) is 11.4. The van der Waals surface area contributed by atoms with E-state index in [0.717, 1.165) is 16.6 Å². The van der Waals surface area contributed by atoms with Gasteiger partial charge in [0.05, 0.1) is 24.9 Å². The third kappa shape index (κ3) is 3.65. The van der Waals surface area contributed by atoms with Crippen molar-refractivity contribution in [2.24, 2.45) is 0 Å². The molecule has 2 aromatic carbocycles. The van der Waals surface area contributed by atoms with Gasteiger partial charge in [0.2, 0.25) is 5.91 Å². The minimum atomic E-state index is -0.735. The maximum absolute atomic E-state index is 13.6. The smallest absolute Gasteiger partial charge is 0.253 e. The molecule has 0 atom stereocenters. The molecule has 2 amide bonds. The lowest BCUT2D eigenvalue weighted by molar-refractivity contribution is -0.136. The fourth-order valence-corrected chi connectivity index (χ4v) is 4.99. The molecule has 0 bridgehead atoms. The van der Waals surface area contributed by atoms with Gasteiger partial charge in [-0.25, -0.2) is 0 Å². The van der Waals surface area contributed by atoms with Gasteiger partial charge in [0.15, 0.2) is 5.78 Å². The number of piperidine rings is 1. The summed E-state index contributed by atoms with van der Waals surface area (Å²) in [6, 6.07) is 15.4. The summed E-state index contributed by atoms with van der Waals surface area (Å²) in [5.74, 6) is -0.00148. The van der Waals surface area contributed by atoms with Crippen molar-refractivity contribution in [3.63, 3.8) is 0 Å². The van der Waals surface area contributed by atoms with Crippen LogP contribution >= 0.6 is 0 Å². The minimum absolute atomic E-state index is 0.0138. The third-order valence-electron chi connectivity index (χ3n) is 6.91. The summed E-state index contributed by atoms with van der Waals surface area (Å²) in [5, 5.41) is 7.81. The number of ketones is 1. The van der Waals surface area contributed by atoms with E-state index in [1.807, 2.05) is 60.4 Å². The van der Waals surface area contributed by atoms with Gasteiger partial charge < -0.3 is 14.7 Å². The number of anilines is 1. The number of fused-ring (bicyclic) bond motifs is 1. The van der Waals surface area contributed by atoms with Crippen molar-refractivity contribution < 1.29 is 14.4 Å². The normalized spacial score (nSPS) is 17.8. The van der Waals surface area contributed by atoms with Gasteiger partial charge in [0.25, 0.3) is 5.91 Å². The van der Waals surface area contributed by atoms with Gasteiger partial charge >= 0.3 is 0 Å². The molecule has 0 radical (unpaired) electrons. The van der Waals surface area contributed by atoms with Crippen LogP contribution in [0.1, 0.15) is 36.5 Å². The molecule has 1 N–H and O–H groups in total. The molecule has 0 aliphatic carbocycles. The molecule has 1 spiro atoms. The summed E-state index contributed by atoms with van der Waals surface area (Å²) in [6.45, 7) is 3.30. The topological polar surface area (TPSA) is 89.6 Å². The summed E-state index contributed by atoms with van der Waals surface area (Å²) in [4.78, 5) is 44.5. The molecule has 5 rings (SSSR count). The van der Waals surface area contributed by atoms with Gasteiger partial charge in [-0.15, -0.1) is 0 Å². The Labute approximate surface area is 192 Å². The van der Waals surface area contributed by atoms with Gasteiger partial charge in [-0.3, -0.25) is 19.5 Å². The Hall–Kier alpha value is -3.68. The number of rotatable bonds is 5. The summed E-state index contributed by atoms with van der Waals surface area (Å²) in [7, 11) is 0. The number of amides is 2. The number of H-pyrrole nitrogens is 1. The number of carbonyl (C=O) groups is 3. The number of aromatic amines is 1. The maximum Gasteiger partial charge on any atom is 0.253 e. The van der Waals surface area contributed by atoms with Gasteiger partial charge in [0, 0.05) is 36.1 Å². The zero-order chi connectivity index (χ0) is 23.0. The van der Waals surface area contributed by atoms with Crippen LogP contribution in [0.5, 0.6) is 0 Å². The molecule has 2 saturated heterocycles. The Kier molecular flexibility index (Phi) is 5.36. The van der Waals surface area contributed by atoms with E-state index in [0.29, 0.717) is 44.6 Å². The fourth-order valence-electron chi connectivity index (χ4n) is 4.99. The van der Waals surface area contributed by atoms with Crippen LogP contribution < -0.4 is 4.90 Å².